The Morgan fingerprint density at radius 1 is 1.44 bits per heavy atom. The number of aromatic nitrogens is 1. The highest BCUT2D eigenvalue weighted by Gasteiger charge is 2.11. The number of carbonyl (C=O) groups is 1. The van der Waals surface area contributed by atoms with Gasteiger partial charge in [-0.2, -0.15) is 0 Å². The topological polar surface area (TPSA) is 44.9 Å². The second-order valence-corrected chi connectivity index (χ2v) is 4.02. The molecule has 16 heavy (non-hydrogen) atoms. The van der Waals surface area contributed by atoms with Crippen LogP contribution in [0.4, 0.5) is 4.39 Å². The van der Waals surface area contributed by atoms with Gasteiger partial charge in [-0.1, -0.05) is 12.1 Å². The Balaban J connectivity index is 2.40. The molecule has 1 aromatic heterocycles. The monoisotopic (exact) mass is 220 g/mol. The fourth-order valence-electron chi connectivity index (χ4n) is 1.58. The van der Waals surface area contributed by atoms with Gasteiger partial charge in [-0.05, 0) is 26.0 Å². The van der Waals surface area contributed by atoms with Crippen molar-refractivity contribution in [1.29, 1.82) is 0 Å². The van der Waals surface area contributed by atoms with Gasteiger partial charge in [0.15, 0.2) is 0 Å². The van der Waals surface area contributed by atoms with Crippen LogP contribution in [-0.2, 0) is 0 Å². The molecule has 0 aliphatic rings. The lowest BCUT2D eigenvalue weighted by molar-refractivity contribution is 0.0939. The van der Waals surface area contributed by atoms with Gasteiger partial charge in [0.25, 0.3) is 5.91 Å². The van der Waals surface area contributed by atoms with Gasteiger partial charge in [0, 0.05) is 11.4 Å². The van der Waals surface area contributed by atoms with E-state index in [1.165, 1.54) is 6.07 Å². The molecule has 2 rings (SSSR count). The number of nitrogens with one attached hydrogen (secondary N) is 2. The molecule has 1 heterocycles. The summed E-state index contributed by atoms with van der Waals surface area (Å²) >= 11 is 0. The molecule has 0 spiro atoms. The van der Waals surface area contributed by atoms with Crippen LogP contribution in [0.1, 0.15) is 24.3 Å². The van der Waals surface area contributed by atoms with Crippen LogP contribution in [-0.4, -0.2) is 16.9 Å². The van der Waals surface area contributed by atoms with Crippen LogP contribution in [0.5, 0.6) is 0 Å². The van der Waals surface area contributed by atoms with Gasteiger partial charge in [0.1, 0.15) is 11.5 Å². The summed E-state index contributed by atoms with van der Waals surface area (Å²) in [6, 6.07) is 6.46. The molecule has 0 fully saturated rings. The highest BCUT2D eigenvalue weighted by atomic mass is 19.1. The molecule has 84 valence electrons. The molecular weight excluding hydrogens is 207 g/mol. The highest BCUT2D eigenvalue weighted by Crippen LogP contribution is 2.18. The second kappa shape index (κ2) is 3.96. The fourth-order valence-corrected chi connectivity index (χ4v) is 1.58. The zero-order valence-electron chi connectivity index (χ0n) is 9.17. The van der Waals surface area contributed by atoms with Crippen molar-refractivity contribution in [2.75, 3.05) is 0 Å². The lowest BCUT2D eigenvalue weighted by Gasteiger charge is -2.05. The van der Waals surface area contributed by atoms with Crippen LogP contribution < -0.4 is 5.32 Å². The minimum Gasteiger partial charge on any atom is -0.349 e. The van der Waals surface area contributed by atoms with E-state index in [2.05, 4.69) is 10.3 Å². The molecular formula is C12H13FN2O. The minimum atomic E-state index is -0.346. The van der Waals surface area contributed by atoms with Crippen LogP contribution >= 0.6 is 0 Å². The summed E-state index contributed by atoms with van der Waals surface area (Å²) < 4.78 is 13.4. The van der Waals surface area contributed by atoms with Crippen molar-refractivity contribution in [2.45, 2.75) is 19.9 Å². The van der Waals surface area contributed by atoms with Crippen LogP contribution in [0.15, 0.2) is 24.3 Å². The lowest BCUT2D eigenvalue weighted by Crippen LogP contribution is -2.30. The molecule has 1 aromatic carbocycles. The molecule has 0 aliphatic heterocycles. The molecule has 4 heteroatoms. The van der Waals surface area contributed by atoms with Crippen LogP contribution in [0.25, 0.3) is 10.9 Å². The average Bonchev–Trinajstić information content (AvgIpc) is 2.61. The molecule has 0 saturated carbocycles. The van der Waals surface area contributed by atoms with Crippen molar-refractivity contribution >= 4 is 16.8 Å². The van der Waals surface area contributed by atoms with E-state index in [0.29, 0.717) is 16.6 Å². The van der Waals surface area contributed by atoms with Crippen molar-refractivity contribution < 1.29 is 9.18 Å². The molecule has 0 bridgehead atoms. The Morgan fingerprint density at radius 3 is 2.81 bits per heavy atom. The molecule has 2 N–H and O–H groups in total. The maximum atomic E-state index is 13.4. The van der Waals surface area contributed by atoms with E-state index in [1.807, 2.05) is 13.8 Å². The van der Waals surface area contributed by atoms with Crippen molar-refractivity contribution in [1.82, 2.24) is 10.3 Å². The van der Waals surface area contributed by atoms with E-state index in [9.17, 15) is 9.18 Å². The van der Waals surface area contributed by atoms with E-state index in [1.54, 1.807) is 18.2 Å². The smallest absolute Gasteiger partial charge is 0.267 e. The van der Waals surface area contributed by atoms with Crippen molar-refractivity contribution in [3.63, 3.8) is 0 Å². The van der Waals surface area contributed by atoms with Gasteiger partial charge >= 0.3 is 0 Å². The van der Waals surface area contributed by atoms with E-state index >= 15 is 0 Å². The predicted octanol–water partition coefficient (Wildman–Crippen LogP) is 2.45. The number of hydrogen-bond donors (Lipinski definition) is 2. The zero-order chi connectivity index (χ0) is 11.7. The number of carbonyl (C=O) groups excluding carboxylic acids is 1. The third-order valence-corrected chi connectivity index (χ3v) is 2.27. The third kappa shape index (κ3) is 1.91. The normalized spacial score (nSPS) is 11.0. The van der Waals surface area contributed by atoms with E-state index < -0.39 is 0 Å². The Bertz CT molecular complexity index is 531. The quantitative estimate of drug-likeness (QED) is 0.802. The molecule has 1 amide bonds. The Labute approximate surface area is 92.7 Å². The van der Waals surface area contributed by atoms with Crippen molar-refractivity contribution in [3.8, 4) is 0 Å². The summed E-state index contributed by atoms with van der Waals surface area (Å²) in [5.41, 5.74) is 0.755. The van der Waals surface area contributed by atoms with Gasteiger partial charge in [-0.3, -0.25) is 4.79 Å². The average molecular weight is 220 g/mol. The molecule has 0 saturated heterocycles. The largest absolute Gasteiger partial charge is 0.349 e. The van der Waals surface area contributed by atoms with E-state index in [0.717, 1.165) is 0 Å². The predicted molar refractivity (Wildman–Crippen MR) is 60.9 cm³/mol. The maximum absolute atomic E-state index is 13.4. The number of halogens is 1. The Hall–Kier alpha value is -1.84. The number of amides is 1. The summed E-state index contributed by atoms with van der Waals surface area (Å²) in [6.45, 7) is 3.75. The van der Waals surface area contributed by atoms with Crippen LogP contribution in [0.2, 0.25) is 0 Å². The number of benzene rings is 1. The number of para-hydroxylation sites is 1. The standard InChI is InChI=1S/C12H13FN2O/c1-7(2)14-12(16)10-6-8-4-3-5-9(13)11(8)15-10/h3-7,15H,1-2H3,(H,14,16). The summed E-state index contributed by atoms with van der Waals surface area (Å²) in [5.74, 6) is -0.563. The molecule has 0 aliphatic carbocycles. The Kier molecular flexibility index (Phi) is 2.64. The van der Waals surface area contributed by atoms with Gasteiger partial charge in [-0.15, -0.1) is 0 Å². The summed E-state index contributed by atoms with van der Waals surface area (Å²) in [6.07, 6.45) is 0. The first-order chi connectivity index (χ1) is 7.58. The molecule has 0 unspecified atom stereocenters. The summed E-state index contributed by atoms with van der Waals surface area (Å²) in [4.78, 5) is 14.5. The SMILES string of the molecule is CC(C)NC(=O)c1cc2cccc(F)c2[nH]1. The number of rotatable bonds is 2. The molecule has 0 atom stereocenters. The van der Waals surface area contributed by atoms with Crippen LogP contribution in [0, 0.1) is 5.82 Å². The van der Waals surface area contributed by atoms with Gasteiger partial charge in [0.05, 0.1) is 5.52 Å². The molecule has 0 radical (unpaired) electrons. The number of aromatic amines is 1. The summed E-state index contributed by atoms with van der Waals surface area (Å²) in [7, 11) is 0. The fraction of sp³-hybridized carbons (Fsp3) is 0.250. The number of hydrogen-bond acceptors (Lipinski definition) is 1. The van der Waals surface area contributed by atoms with E-state index in [-0.39, 0.29) is 17.8 Å². The van der Waals surface area contributed by atoms with Gasteiger partial charge in [0.2, 0.25) is 0 Å². The van der Waals surface area contributed by atoms with Gasteiger partial charge < -0.3 is 10.3 Å². The first-order valence-electron chi connectivity index (χ1n) is 5.16. The third-order valence-electron chi connectivity index (χ3n) is 2.27. The molecule has 2 aromatic rings. The first-order valence-corrected chi connectivity index (χ1v) is 5.16. The lowest BCUT2D eigenvalue weighted by atomic mass is 10.2. The molecule has 3 nitrogen and oxygen atoms in total. The number of fused-ring (bicyclic) bond motifs is 1. The first kappa shape index (κ1) is 10.7. The van der Waals surface area contributed by atoms with Crippen molar-refractivity contribution in [2.24, 2.45) is 0 Å². The second-order valence-electron chi connectivity index (χ2n) is 4.02. The zero-order valence-corrected chi connectivity index (χ0v) is 9.17. The Morgan fingerprint density at radius 2 is 2.19 bits per heavy atom. The summed E-state index contributed by atoms with van der Waals surface area (Å²) in [5, 5.41) is 3.45. The van der Waals surface area contributed by atoms with Crippen LogP contribution in [0.3, 0.4) is 0 Å². The maximum Gasteiger partial charge on any atom is 0.267 e. The van der Waals surface area contributed by atoms with Gasteiger partial charge in [-0.25, -0.2) is 4.39 Å². The minimum absolute atomic E-state index is 0.0590. The van der Waals surface area contributed by atoms with Crippen molar-refractivity contribution in [3.05, 3.63) is 35.8 Å². The van der Waals surface area contributed by atoms with E-state index in [4.69, 9.17) is 0 Å². The highest BCUT2D eigenvalue weighted by molar-refractivity contribution is 5.98. The number of H-pyrrole nitrogens is 1.